The molecule has 0 aromatic rings. The van der Waals surface area contributed by atoms with E-state index in [2.05, 4.69) is 12.2 Å². The summed E-state index contributed by atoms with van der Waals surface area (Å²) in [5, 5.41) is 2.63. The lowest BCUT2D eigenvalue weighted by Crippen LogP contribution is -2.39. The summed E-state index contributed by atoms with van der Waals surface area (Å²) in [5.74, 6) is 0. The Bertz CT molecular complexity index is 186. The highest BCUT2D eigenvalue weighted by molar-refractivity contribution is 8.01. The first kappa shape index (κ1) is 15.3. The molecule has 1 aliphatic rings. The molecule has 102 valence electrons. The van der Waals surface area contributed by atoms with Crippen molar-refractivity contribution in [3.63, 3.8) is 0 Å². The topological polar surface area (TPSA) is 50.6 Å². The molecule has 0 aromatic carbocycles. The van der Waals surface area contributed by atoms with Gasteiger partial charge in [0.2, 0.25) is 0 Å². The molecule has 3 nitrogen and oxygen atoms in total. The maximum absolute atomic E-state index is 5.70. The highest BCUT2D eigenvalue weighted by Crippen LogP contribution is 2.38. The van der Waals surface area contributed by atoms with Crippen LogP contribution >= 0.6 is 12.0 Å². The maximum Gasteiger partial charge on any atom is 0.260 e. The van der Waals surface area contributed by atoms with E-state index < -0.39 is 5.18 Å². The zero-order chi connectivity index (χ0) is 12.4. The fraction of sp³-hybridized carbons (Fsp3) is 1.00. The second kappa shape index (κ2) is 9.20. The van der Waals surface area contributed by atoms with Gasteiger partial charge in [0.25, 0.3) is 5.18 Å². The lowest BCUT2D eigenvalue weighted by Gasteiger charge is -2.06. The molecule has 1 unspecified atom stereocenters. The van der Waals surface area contributed by atoms with E-state index in [-0.39, 0.29) is 0 Å². The summed E-state index contributed by atoms with van der Waals surface area (Å²) in [4.78, 5) is 0. The molecule has 1 fully saturated rings. The Hall–Kier alpha value is 0.230. The van der Waals surface area contributed by atoms with Gasteiger partial charge in [0.05, 0.1) is 12.0 Å². The van der Waals surface area contributed by atoms with Crippen molar-refractivity contribution in [2.45, 2.75) is 76.3 Å². The van der Waals surface area contributed by atoms with Gasteiger partial charge in [-0.05, 0) is 13.0 Å². The molecule has 3 N–H and O–H groups in total. The van der Waals surface area contributed by atoms with Crippen molar-refractivity contribution in [1.29, 1.82) is 0 Å². The summed E-state index contributed by atoms with van der Waals surface area (Å²) in [6, 6.07) is 0. The number of unbranched alkanes of at least 4 members (excludes halogenated alkanes) is 9. The number of nitrogens with one attached hydrogen (secondary N) is 1. The van der Waals surface area contributed by atoms with Gasteiger partial charge in [0.15, 0.2) is 0 Å². The summed E-state index contributed by atoms with van der Waals surface area (Å²) in [6.45, 7) is 3.24. The second-order valence-corrected chi connectivity index (χ2v) is 5.88. The molecule has 0 saturated carbocycles. The summed E-state index contributed by atoms with van der Waals surface area (Å²) in [5.41, 5.74) is 5.70. The maximum atomic E-state index is 5.70. The molecule has 1 saturated heterocycles. The third-order valence-electron chi connectivity index (χ3n) is 3.16. The van der Waals surface area contributed by atoms with Crippen LogP contribution in [0.4, 0.5) is 0 Å². The molecule has 0 radical (unpaired) electrons. The van der Waals surface area contributed by atoms with Crippen LogP contribution in [0.15, 0.2) is 0 Å². The standard InChI is InChI=1S/C13H28N2OS/c1-2-3-4-5-6-7-8-9-10-11-12-15-13(14)16-17-13/h15H,2-12,14H2,1H3. The van der Waals surface area contributed by atoms with Crippen molar-refractivity contribution in [3.8, 4) is 0 Å². The van der Waals surface area contributed by atoms with Gasteiger partial charge in [-0.1, -0.05) is 64.7 Å². The Labute approximate surface area is 110 Å². The fourth-order valence-electron chi connectivity index (χ4n) is 1.98. The highest BCUT2D eigenvalue weighted by atomic mass is 32.2. The van der Waals surface area contributed by atoms with Gasteiger partial charge in [0.1, 0.15) is 0 Å². The molecular weight excluding hydrogens is 232 g/mol. The van der Waals surface area contributed by atoms with Crippen LogP contribution in [0.3, 0.4) is 0 Å². The van der Waals surface area contributed by atoms with E-state index in [1.165, 1.54) is 76.3 Å². The first-order valence-electron chi connectivity index (χ1n) is 7.17. The average molecular weight is 260 g/mol. The summed E-state index contributed by atoms with van der Waals surface area (Å²) >= 11 is 1.32. The molecule has 1 atom stereocenters. The smallest absolute Gasteiger partial charge is 0.260 e. The van der Waals surface area contributed by atoms with Crippen LogP contribution in [-0.4, -0.2) is 11.7 Å². The van der Waals surface area contributed by atoms with Crippen LogP contribution in [-0.2, 0) is 4.18 Å². The van der Waals surface area contributed by atoms with Gasteiger partial charge in [-0.3, -0.25) is 15.2 Å². The van der Waals surface area contributed by atoms with Crippen molar-refractivity contribution in [2.24, 2.45) is 5.73 Å². The zero-order valence-corrected chi connectivity index (χ0v) is 12.0. The van der Waals surface area contributed by atoms with Crippen LogP contribution in [0.1, 0.15) is 71.1 Å². The van der Waals surface area contributed by atoms with Crippen LogP contribution in [0.2, 0.25) is 0 Å². The van der Waals surface area contributed by atoms with Crippen molar-refractivity contribution in [3.05, 3.63) is 0 Å². The predicted octanol–water partition coefficient (Wildman–Crippen LogP) is 3.75. The Morgan fingerprint density at radius 1 is 0.941 bits per heavy atom. The molecule has 1 heterocycles. The van der Waals surface area contributed by atoms with Crippen molar-refractivity contribution in [2.75, 3.05) is 6.54 Å². The van der Waals surface area contributed by atoms with Crippen LogP contribution < -0.4 is 11.1 Å². The average Bonchev–Trinajstić information content (AvgIpc) is 3.05. The van der Waals surface area contributed by atoms with Gasteiger partial charge in [-0.2, -0.15) is 0 Å². The second-order valence-electron chi connectivity index (χ2n) is 4.94. The summed E-state index contributed by atoms with van der Waals surface area (Å²) < 4.78 is 4.97. The Morgan fingerprint density at radius 3 is 1.88 bits per heavy atom. The van der Waals surface area contributed by atoms with Crippen LogP contribution in [0, 0.1) is 0 Å². The number of hydrogen-bond donors (Lipinski definition) is 2. The van der Waals surface area contributed by atoms with Crippen LogP contribution in [0.25, 0.3) is 0 Å². The van der Waals surface area contributed by atoms with Gasteiger partial charge in [-0.25, -0.2) is 0 Å². The minimum atomic E-state index is -0.542. The van der Waals surface area contributed by atoms with Crippen molar-refractivity contribution in [1.82, 2.24) is 5.32 Å². The van der Waals surface area contributed by atoms with Crippen molar-refractivity contribution >= 4 is 12.0 Å². The lowest BCUT2D eigenvalue weighted by molar-refractivity contribution is 0.269. The molecule has 0 bridgehead atoms. The minimum Gasteiger partial charge on any atom is -0.279 e. The number of hydrogen-bond acceptors (Lipinski definition) is 4. The van der Waals surface area contributed by atoms with Gasteiger partial charge in [0, 0.05) is 0 Å². The fourth-order valence-corrected chi connectivity index (χ4v) is 2.29. The monoisotopic (exact) mass is 260 g/mol. The largest absolute Gasteiger partial charge is 0.279 e. The Balaban J connectivity index is 1.67. The number of nitrogens with two attached hydrogens (primary N) is 1. The molecular formula is C13H28N2OS. The molecule has 0 aromatic heterocycles. The molecule has 1 rings (SSSR count). The Morgan fingerprint density at radius 2 is 1.41 bits per heavy atom. The SMILES string of the molecule is CCCCCCCCCCCCNC1(N)OS1. The molecule has 0 amide bonds. The highest BCUT2D eigenvalue weighted by Gasteiger charge is 2.42. The van der Waals surface area contributed by atoms with E-state index in [0.717, 1.165) is 6.54 Å². The zero-order valence-electron chi connectivity index (χ0n) is 11.2. The summed E-state index contributed by atoms with van der Waals surface area (Å²) in [7, 11) is 0. The predicted molar refractivity (Wildman–Crippen MR) is 75.4 cm³/mol. The molecule has 0 spiro atoms. The molecule has 0 aliphatic carbocycles. The van der Waals surface area contributed by atoms with E-state index in [0.29, 0.717) is 0 Å². The quantitative estimate of drug-likeness (QED) is 0.243. The molecule has 4 heteroatoms. The first-order valence-corrected chi connectivity index (χ1v) is 7.92. The third kappa shape index (κ3) is 8.89. The first-order chi connectivity index (χ1) is 8.27. The van der Waals surface area contributed by atoms with E-state index in [1.54, 1.807) is 0 Å². The normalized spacial score (nSPS) is 22.9. The lowest BCUT2D eigenvalue weighted by atomic mass is 10.1. The van der Waals surface area contributed by atoms with Crippen molar-refractivity contribution < 1.29 is 4.18 Å². The van der Waals surface area contributed by atoms with E-state index in [1.807, 2.05) is 0 Å². The third-order valence-corrected chi connectivity index (χ3v) is 3.83. The molecule has 17 heavy (non-hydrogen) atoms. The summed E-state index contributed by atoms with van der Waals surface area (Å²) in [6.07, 6.45) is 13.7. The minimum absolute atomic E-state index is 0.542. The van der Waals surface area contributed by atoms with Gasteiger partial charge < -0.3 is 0 Å². The molecule has 1 aliphatic heterocycles. The Kier molecular flexibility index (Phi) is 8.27. The van der Waals surface area contributed by atoms with Gasteiger partial charge >= 0.3 is 0 Å². The van der Waals surface area contributed by atoms with Gasteiger partial charge in [-0.15, -0.1) is 0 Å². The van der Waals surface area contributed by atoms with E-state index in [4.69, 9.17) is 9.92 Å². The van der Waals surface area contributed by atoms with E-state index >= 15 is 0 Å². The number of rotatable bonds is 12. The van der Waals surface area contributed by atoms with Crippen LogP contribution in [0.5, 0.6) is 0 Å². The van der Waals surface area contributed by atoms with E-state index in [9.17, 15) is 0 Å².